The van der Waals surface area contributed by atoms with Gasteiger partial charge in [0.15, 0.2) is 0 Å². The molecule has 102 valence electrons. The molecule has 3 heteroatoms. The predicted octanol–water partition coefficient (Wildman–Crippen LogP) is 2.88. The van der Waals surface area contributed by atoms with E-state index in [1.165, 1.54) is 0 Å². The van der Waals surface area contributed by atoms with Crippen molar-refractivity contribution in [1.82, 2.24) is 0 Å². The SMILES string of the molecule is CC(C)(C)C1CCCCC1(O)C1(C#N)CCOC1. The minimum absolute atomic E-state index is 0.0294. The van der Waals surface area contributed by atoms with Crippen LogP contribution in [0.15, 0.2) is 0 Å². The summed E-state index contributed by atoms with van der Waals surface area (Å²) in [6.07, 6.45) is 4.61. The van der Waals surface area contributed by atoms with Gasteiger partial charge in [0, 0.05) is 6.61 Å². The zero-order valence-electron chi connectivity index (χ0n) is 11.8. The quantitative estimate of drug-likeness (QED) is 0.779. The lowest BCUT2D eigenvalue weighted by Gasteiger charge is -2.52. The fourth-order valence-electron chi connectivity index (χ4n) is 3.97. The molecule has 0 spiro atoms. The van der Waals surface area contributed by atoms with Crippen molar-refractivity contribution >= 4 is 0 Å². The summed E-state index contributed by atoms with van der Waals surface area (Å²) in [4.78, 5) is 0. The first-order valence-electron chi connectivity index (χ1n) is 7.07. The lowest BCUT2D eigenvalue weighted by atomic mass is 9.54. The maximum atomic E-state index is 11.3. The molecule has 0 aromatic heterocycles. The molecule has 0 radical (unpaired) electrons. The second-order valence-corrected chi connectivity index (χ2v) is 7.09. The highest BCUT2D eigenvalue weighted by molar-refractivity contribution is 5.17. The molecule has 0 amide bonds. The van der Waals surface area contributed by atoms with Crippen molar-refractivity contribution in [3.8, 4) is 6.07 Å². The minimum Gasteiger partial charge on any atom is -0.388 e. The van der Waals surface area contributed by atoms with Crippen LogP contribution in [0.4, 0.5) is 0 Å². The van der Waals surface area contributed by atoms with Crippen LogP contribution in [0.3, 0.4) is 0 Å². The van der Waals surface area contributed by atoms with Crippen molar-refractivity contribution < 1.29 is 9.84 Å². The monoisotopic (exact) mass is 251 g/mol. The molecule has 3 nitrogen and oxygen atoms in total. The standard InChI is InChI=1S/C15H25NO2/c1-13(2,3)12-6-4-5-7-15(12,17)14(10-16)8-9-18-11-14/h12,17H,4-9,11H2,1-3H3. The van der Waals surface area contributed by atoms with Crippen LogP contribution in [0.25, 0.3) is 0 Å². The zero-order valence-corrected chi connectivity index (χ0v) is 11.8. The lowest BCUT2D eigenvalue weighted by molar-refractivity contribution is -0.154. The zero-order chi connectivity index (χ0) is 13.4. The Hall–Kier alpha value is -0.590. The van der Waals surface area contributed by atoms with Gasteiger partial charge in [-0.2, -0.15) is 5.26 Å². The second-order valence-electron chi connectivity index (χ2n) is 7.09. The Kier molecular flexibility index (Phi) is 3.46. The number of hydrogen-bond acceptors (Lipinski definition) is 3. The van der Waals surface area contributed by atoms with E-state index in [0.29, 0.717) is 19.6 Å². The van der Waals surface area contributed by atoms with Crippen molar-refractivity contribution in [3.05, 3.63) is 0 Å². The van der Waals surface area contributed by atoms with Gasteiger partial charge in [0.05, 0.1) is 18.3 Å². The molecule has 2 fully saturated rings. The normalized spacial score (nSPS) is 41.6. The first kappa shape index (κ1) is 13.8. The summed E-state index contributed by atoms with van der Waals surface area (Å²) >= 11 is 0. The lowest BCUT2D eigenvalue weighted by Crippen LogP contribution is -2.58. The molecule has 0 bridgehead atoms. The fourth-order valence-corrected chi connectivity index (χ4v) is 3.97. The number of hydrogen-bond donors (Lipinski definition) is 1. The predicted molar refractivity (Wildman–Crippen MR) is 69.8 cm³/mol. The molecule has 3 unspecified atom stereocenters. The number of rotatable bonds is 1. The summed E-state index contributed by atoms with van der Waals surface area (Å²) in [5.41, 5.74) is -1.54. The van der Waals surface area contributed by atoms with E-state index in [9.17, 15) is 10.4 Å². The maximum Gasteiger partial charge on any atom is 0.112 e. The molecule has 0 aromatic carbocycles. The fraction of sp³-hybridized carbons (Fsp3) is 0.933. The highest BCUT2D eigenvalue weighted by Crippen LogP contribution is 2.54. The molecule has 18 heavy (non-hydrogen) atoms. The van der Waals surface area contributed by atoms with E-state index in [1.54, 1.807) is 0 Å². The third-order valence-electron chi connectivity index (χ3n) is 4.99. The van der Waals surface area contributed by atoms with Gasteiger partial charge < -0.3 is 9.84 Å². The second kappa shape index (κ2) is 4.51. The van der Waals surface area contributed by atoms with E-state index in [2.05, 4.69) is 26.8 Å². The van der Waals surface area contributed by atoms with Gasteiger partial charge >= 0.3 is 0 Å². The molecule has 1 N–H and O–H groups in total. The molecule has 1 aliphatic heterocycles. The van der Waals surface area contributed by atoms with E-state index in [1.807, 2.05) is 0 Å². The van der Waals surface area contributed by atoms with Gasteiger partial charge in [0.1, 0.15) is 5.41 Å². The molecule has 2 aliphatic rings. The summed E-state index contributed by atoms with van der Waals surface area (Å²) in [7, 11) is 0. The van der Waals surface area contributed by atoms with Crippen molar-refractivity contribution in [3.63, 3.8) is 0 Å². The van der Waals surface area contributed by atoms with E-state index in [-0.39, 0.29) is 11.3 Å². The largest absolute Gasteiger partial charge is 0.388 e. The number of nitriles is 1. The maximum absolute atomic E-state index is 11.3. The molecule has 1 heterocycles. The average Bonchev–Trinajstić information content (AvgIpc) is 2.78. The Balaban J connectivity index is 2.39. The van der Waals surface area contributed by atoms with E-state index in [0.717, 1.165) is 25.7 Å². The third kappa shape index (κ3) is 1.96. The van der Waals surface area contributed by atoms with Gasteiger partial charge in [-0.3, -0.25) is 0 Å². The van der Waals surface area contributed by atoms with E-state index >= 15 is 0 Å². The number of nitrogens with zero attached hydrogens (tertiary/aromatic N) is 1. The van der Waals surface area contributed by atoms with Gasteiger partial charge in [-0.1, -0.05) is 33.6 Å². The Labute approximate surface area is 110 Å². The van der Waals surface area contributed by atoms with E-state index < -0.39 is 11.0 Å². The first-order chi connectivity index (χ1) is 8.36. The summed E-state index contributed by atoms with van der Waals surface area (Å²) in [6.45, 7) is 7.53. The van der Waals surface area contributed by atoms with Crippen LogP contribution in [0, 0.1) is 28.1 Å². The molecule has 1 saturated heterocycles. The van der Waals surface area contributed by atoms with Crippen molar-refractivity contribution in [2.45, 2.75) is 58.5 Å². The molecule has 0 aromatic rings. The van der Waals surface area contributed by atoms with Gasteiger partial charge in [-0.05, 0) is 30.6 Å². The van der Waals surface area contributed by atoms with Crippen molar-refractivity contribution in [2.24, 2.45) is 16.7 Å². The Bertz CT molecular complexity index is 346. The van der Waals surface area contributed by atoms with Crippen LogP contribution in [0.1, 0.15) is 52.9 Å². The highest BCUT2D eigenvalue weighted by Gasteiger charge is 2.59. The van der Waals surface area contributed by atoms with Crippen LogP contribution < -0.4 is 0 Å². The minimum atomic E-state index is -0.880. The molecular weight excluding hydrogens is 226 g/mol. The summed E-state index contributed by atoms with van der Waals surface area (Å²) < 4.78 is 5.45. The Morgan fingerprint density at radius 2 is 2.00 bits per heavy atom. The third-order valence-corrected chi connectivity index (χ3v) is 4.99. The Morgan fingerprint density at radius 1 is 1.28 bits per heavy atom. The van der Waals surface area contributed by atoms with Gasteiger partial charge in [0.2, 0.25) is 0 Å². The summed E-state index contributed by atoms with van der Waals surface area (Å²) in [6, 6.07) is 2.41. The number of ether oxygens (including phenoxy) is 1. The molecular formula is C15H25NO2. The number of aliphatic hydroxyl groups is 1. The topological polar surface area (TPSA) is 53.2 Å². The van der Waals surface area contributed by atoms with Gasteiger partial charge in [0.25, 0.3) is 0 Å². The highest BCUT2D eigenvalue weighted by atomic mass is 16.5. The van der Waals surface area contributed by atoms with Crippen LogP contribution >= 0.6 is 0 Å². The average molecular weight is 251 g/mol. The van der Waals surface area contributed by atoms with Crippen LogP contribution in [0.2, 0.25) is 0 Å². The van der Waals surface area contributed by atoms with Crippen LogP contribution in [-0.2, 0) is 4.74 Å². The van der Waals surface area contributed by atoms with Crippen molar-refractivity contribution in [2.75, 3.05) is 13.2 Å². The van der Waals surface area contributed by atoms with Gasteiger partial charge in [-0.15, -0.1) is 0 Å². The van der Waals surface area contributed by atoms with Crippen molar-refractivity contribution in [1.29, 1.82) is 5.26 Å². The molecule has 2 rings (SSSR count). The van der Waals surface area contributed by atoms with Crippen LogP contribution in [-0.4, -0.2) is 23.9 Å². The Morgan fingerprint density at radius 3 is 2.50 bits per heavy atom. The molecule has 1 aliphatic carbocycles. The first-order valence-corrected chi connectivity index (χ1v) is 7.07. The summed E-state index contributed by atoms with van der Waals surface area (Å²) in [5.74, 6) is 0.181. The van der Waals surface area contributed by atoms with E-state index in [4.69, 9.17) is 4.74 Å². The smallest absolute Gasteiger partial charge is 0.112 e. The molecule has 1 saturated carbocycles. The molecule has 3 atom stereocenters. The van der Waals surface area contributed by atoms with Crippen LogP contribution in [0.5, 0.6) is 0 Å². The summed E-state index contributed by atoms with van der Waals surface area (Å²) in [5, 5.41) is 20.9. The van der Waals surface area contributed by atoms with Gasteiger partial charge in [-0.25, -0.2) is 0 Å².